The molecular weight excluding hydrogens is 286 g/mol. The maximum atomic E-state index is 6.10. The van der Waals surface area contributed by atoms with Crippen molar-refractivity contribution < 1.29 is 4.74 Å². The van der Waals surface area contributed by atoms with E-state index in [2.05, 4.69) is 24.3 Å². The molecule has 1 atom stereocenters. The van der Waals surface area contributed by atoms with Crippen molar-refractivity contribution in [1.82, 2.24) is 15.1 Å². The van der Waals surface area contributed by atoms with Crippen LogP contribution in [0.1, 0.15) is 31.1 Å². The Labute approximate surface area is 131 Å². The molecule has 0 fully saturated rings. The average molecular weight is 308 g/mol. The normalized spacial score (nSPS) is 12.4. The van der Waals surface area contributed by atoms with Gasteiger partial charge in [-0.1, -0.05) is 18.5 Å². The Morgan fingerprint density at radius 1 is 1.38 bits per heavy atom. The van der Waals surface area contributed by atoms with E-state index in [1.54, 1.807) is 6.20 Å². The van der Waals surface area contributed by atoms with Crippen LogP contribution >= 0.6 is 11.6 Å². The second-order valence-corrected chi connectivity index (χ2v) is 5.44. The quantitative estimate of drug-likeness (QED) is 0.852. The van der Waals surface area contributed by atoms with Crippen molar-refractivity contribution >= 4 is 11.6 Å². The lowest BCUT2D eigenvalue weighted by atomic mass is 10.1. The Morgan fingerprint density at radius 3 is 2.86 bits per heavy atom. The summed E-state index contributed by atoms with van der Waals surface area (Å²) in [6.07, 6.45) is 2.63. The number of rotatable bonds is 7. The second kappa shape index (κ2) is 7.48. The average Bonchev–Trinajstić information content (AvgIpc) is 2.86. The lowest BCUT2D eigenvalue weighted by Crippen LogP contribution is -2.19. The first-order chi connectivity index (χ1) is 10.1. The molecule has 1 aromatic heterocycles. The largest absolute Gasteiger partial charge is 0.493 e. The molecule has 1 N–H and O–H groups in total. The Balaban J connectivity index is 2.03. The summed E-state index contributed by atoms with van der Waals surface area (Å²) < 4.78 is 7.82. The monoisotopic (exact) mass is 307 g/mol. The maximum absolute atomic E-state index is 6.10. The molecule has 2 rings (SSSR count). The van der Waals surface area contributed by atoms with E-state index in [1.807, 2.05) is 36.0 Å². The van der Waals surface area contributed by atoms with E-state index in [0.717, 1.165) is 35.0 Å². The van der Waals surface area contributed by atoms with Crippen LogP contribution in [0.2, 0.25) is 5.02 Å². The molecule has 0 aliphatic heterocycles. The van der Waals surface area contributed by atoms with Gasteiger partial charge in [0.15, 0.2) is 0 Å². The summed E-state index contributed by atoms with van der Waals surface area (Å²) in [5.74, 6) is 0.884. The van der Waals surface area contributed by atoms with Crippen LogP contribution in [0.25, 0.3) is 0 Å². The number of ether oxygens (including phenoxy) is 1. The highest BCUT2D eigenvalue weighted by atomic mass is 35.5. The smallest absolute Gasteiger partial charge is 0.124 e. The first kappa shape index (κ1) is 15.9. The van der Waals surface area contributed by atoms with E-state index in [0.29, 0.717) is 6.61 Å². The minimum absolute atomic E-state index is 0.209. The number of nitrogens with one attached hydrogen (secondary N) is 1. The standard InChI is InChI=1S/C16H22ClN3O/c1-4-18-12(2)15-11-13(17)5-6-16(15)21-10-8-14-7-9-19-20(14)3/h5-7,9,11-12,18H,4,8,10H2,1-3H3. The predicted molar refractivity (Wildman–Crippen MR) is 86.0 cm³/mol. The predicted octanol–water partition coefficient (Wildman–Crippen LogP) is 3.37. The van der Waals surface area contributed by atoms with Gasteiger partial charge in [-0.05, 0) is 37.7 Å². The van der Waals surface area contributed by atoms with E-state index in [9.17, 15) is 0 Å². The molecule has 0 radical (unpaired) electrons. The Kier molecular flexibility index (Phi) is 5.65. The zero-order valence-electron chi connectivity index (χ0n) is 12.8. The minimum Gasteiger partial charge on any atom is -0.493 e. The highest BCUT2D eigenvalue weighted by Gasteiger charge is 2.12. The maximum Gasteiger partial charge on any atom is 0.124 e. The zero-order valence-corrected chi connectivity index (χ0v) is 13.5. The number of aromatic nitrogens is 2. The third-order valence-electron chi connectivity index (χ3n) is 3.49. The summed E-state index contributed by atoms with van der Waals surface area (Å²) in [5.41, 5.74) is 2.25. The molecule has 1 heterocycles. The molecule has 0 spiro atoms. The van der Waals surface area contributed by atoms with Crippen molar-refractivity contribution in [3.05, 3.63) is 46.7 Å². The lowest BCUT2D eigenvalue weighted by molar-refractivity contribution is 0.312. The van der Waals surface area contributed by atoms with Gasteiger partial charge in [0.2, 0.25) is 0 Å². The second-order valence-electron chi connectivity index (χ2n) is 5.01. The van der Waals surface area contributed by atoms with Crippen LogP contribution in [0.15, 0.2) is 30.5 Å². The fourth-order valence-corrected chi connectivity index (χ4v) is 2.50. The number of nitrogens with zero attached hydrogens (tertiary/aromatic N) is 2. The Hall–Kier alpha value is -1.52. The molecule has 0 bridgehead atoms. The van der Waals surface area contributed by atoms with Gasteiger partial charge in [0.05, 0.1) is 6.61 Å². The van der Waals surface area contributed by atoms with Gasteiger partial charge >= 0.3 is 0 Å². The summed E-state index contributed by atoms with van der Waals surface area (Å²) >= 11 is 6.10. The molecular formula is C16H22ClN3O. The van der Waals surface area contributed by atoms with Crippen molar-refractivity contribution in [3.8, 4) is 5.75 Å². The number of hydrogen-bond donors (Lipinski definition) is 1. The molecule has 0 amide bonds. The topological polar surface area (TPSA) is 39.1 Å². The zero-order chi connectivity index (χ0) is 15.2. The van der Waals surface area contributed by atoms with E-state index in [-0.39, 0.29) is 6.04 Å². The van der Waals surface area contributed by atoms with Gasteiger partial charge in [0, 0.05) is 42.0 Å². The van der Waals surface area contributed by atoms with E-state index >= 15 is 0 Å². The SMILES string of the molecule is CCNC(C)c1cc(Cl)ccc1OCCc1ccnn1C. The summed E-state index contributed by atoms with van der Waals surface area (Å²) in [4.78, 5) is 0. The third-order valence-corrected chi connectivity index (χ3v) is 3.72. The lowest BCUT2D eigenvalue weighted by Gasteiger charge is -2.18. The van der Waals surface area contributed by atoms with Crippen LogP contribution < -0.4 is 10.1 Å². The van der Waals surface area contributed by atoms with Crippen LogP contribution in [0, 0.1) is 0 Å². The molecule has 114 valence electrons. The van der Waals surface area contributed by atoms with Crippen LogP contribution in [0.3, 0.4) is 0 Å². The van der Waals surface area contributed by atoms with Crippen molar-refractivity contribution in [1.29, 1.82) is 0 Å². The number of hydrogen-bond acceptors (Lipinski definition) is 3. The highest BCUT2D eigenvalue weighted by molar-refractivity contribution is 6.30. The van der Waals surface area contributed by atoms with E-state index in [1.165, 1.54) is 0 Å². The third kappa shape index (κ3) is 4.22. The molecule has 5 heteroatoms. The van der Waals surface area contributed by atoms with Crippen molar-refractivity contribution in [3.63, 3.8) is 0 Å². The van der Waals surface area contributed by atoms with Crippen LogP contribution in [0.5, 0.6) is 5.75 Å². The van der Waals surface area contributed by atoms with Gasteiger partial charge in [-0.2, -0.15) is 5.10 Å². The van der Waals surface area contributed by atoms with Crippen molar-refractivity contribution in [2.24, 2.45) is 7.05 Å². The first-order valence-electron chi connectivity index (χ1n) is 7.24. The van der Waals surface area contributed by atoms with E-state index < -0.39 is 0 Å². The molecule has 0 aliphatic rings. The molecule has 1 aromatic carbocycles. The van der Waals surface area contributed by atoms with Gasteiger partial charge in [-0.3, -0.25) is 4.68 Å². The molecule has 0 saturated heterocycles. The van der Waals surface area contributed by atoms with Crippen molar-refractivity contribution in [2.45, 2.75) is 26.3 Å². The number of halogens is 1. The summed E-state index contributed by atoms with van der Waals surface area (Å²) in [5, 5.41) is 8.28. The Morgan fingerprint density at radius 2 is 2.19 bits per heavy atom. The molecule has 2 aromatic rings. The van der Waals surface area contributed by atoms with E-state index in [4.69, 9.17) is 16.3 Å². The minimum atomic E-state index is 0.209. The van der Waals surface area contributed by atoms with Gasteiger partial charge in [-0.15, -0.1) is 0 Å². The van der Waals surface area contributed by atoms with Crippen LogP contribution in [-0.2, 0) is 13.5 Å². The Bertz CT molecular complexity index is 583. The van der Waals surface area contributed by atoms with Gasteiger partial charge in [0.1, 0.15) is 5.75 Å². The highest BCUT2D eigenvalue weighted by Crippen LogP contribution is 2.28. The van der Waals surface area contributed by atoms with Crippen molar-refractivity contribution in [2.75, 3.05) is 13.2 Å². The fourth-order valence-electron chi connectivity index (χ4n) is 2.32. The summed E-state index contributed by atoms with van der Waals surface area (Å²) in [6.45, 7) is 5.72. The molecule has 4 nitrogen and oxygen atoms in total. The van der Waals surface area contributed by atoms with Gasteiger partial charge < -0.3 is 10.1 Å². The summed E-state index contributed by atoms with van der Waals surface area (Å²) in [6, 6.07) is 7.99. The number of aryl methyl sites for hydroxylation is 1. The molecule has 0 aliphatic carbocycles. The number of benzene rings is 1. The van der Waals surface area contributed by atoms with Gasteiger partial charge in [0.25, 0.3) is 0 Å². The summed E-state index contributed by atoms with van der Waals surface area (Å²) in [7, 11) is 1.94. The molecule has 21 heavy (non-hydrogen) atoms. The molecule has 1 unspecified atom stereocenters. The first-order valence-corrected chi connectivity index (χ1v) is 7.62. The van der Waals surface area contributed by atoms with Gasteiger partial charge in [-0.25, -0.2) is 0 Å². The van der Waals surface area contributed by atoms with Crippen LogP contribution in [0.4, 0.5) is 0 Å². The van der Waals surface area contributed by atoms with Crippen LogP contribution in [-0.4, -0.2) is 22.9 Å². The molecule has 0 saturated carbocycles. The fraction of sp³-hybridized carbons (Fsp3) is 0.438.